The smallest absolute Gasteiger partial charge is 0.262 e. The minimum absolute atomic E-state index is 0.0139. The van der Waals surface area contributed by atoms with Gasteiger partial charge < -0.3 is 20.1 Å². The summed E-state index contributed by atoms with van der Waals surface area (Å²) in [5, 5.41) is 5.59. The van der Waals surface area contributed by atoms with E-state index in [-0.39, 0.29) is 24.8 Å². The number of rotatable bonds is 4. The van der Waals surface area contributed by atoms with Gasteiger partial charge >= 0.3 is 0 Å². The Kier molecular flexibility index (Phi) is 4.37. The van der Waals surface area contributed by atoms with Crippen LogP contribution in [-0.4, -0.2) is 25.5 Å². The van der Waals surface area contributed by atoms with Gasteiger partial charge in [-0.25, -0.2) is 0 Å². The van der Waals surface area contributed by atoms with Gasteiger partial charge in [-0.15, -0.1) is 0 Å². The van der Waals surface area contributed by atoms with E-state index in [1.165, 1.54) is 0 Å². The SMILES string of the molecule is COc1ccc(C)cc1NC(=O)Cc1ccc2c(c1)NC(=O)CO2. The summed E-state index contributed by atoms with van der Waals surface area (Å²) in [6.07, 6.45) is 0.181. The maximum atomic E-state index is 12.3. The molecule has 2 aromatic carbocycles. The Morgan fingerprint density at radius 1 is 1.29 bits per heavy atom. The first-order valence-electron chi connectivity index (χ1n) is 7.55. The maximum absolute atomic E-state index is 12.3. The fourth-order valence-corrected chi connectivity index (χ4v) is 2.54. The molecule has 6 heteroatoms. The summed E-state index contributed by atoms with van der Waals surface area (Å²) in [4.78, 5) is 23.7. The third-order valence-electron chi connectivity index (χ3n) is 3.67. The predicted molar refractivity (Wildman–Crippen MR) is 90.6 cm³/mol. The molecule has 1 aliphatic rings. The van der Waals surface area contributed by atoms with Crippen molar-refractivity contribution in [1.82, 2.24) is 0 Å². The number of hydrogen-bond acceptors (Lipinski definition) is 4. The number of amides is 2. The fraction of sp³-hybridized carbons (Fsp3) is 0.222. The Hall–Kier alpha value is -3.02. The minimum Gasteiger partial charge on any atom is -0.495 e. The van der Waals surface area contributed by atoms with Crippen LogP contribution in [0.3, 0.4) is 0 Å². The van der Waals surface area contributed by atoms with Gasteiger partial charge in [-0.2, -0.15) is 0 Å². The highest BCUT2D eigenvalue weighted by Crippen LogP contribution is 2.29. The number of carbonyl (C=O) groups excluding carboxylic acids is 2. The zero-order valence-corrected chi connectivity index (χ0v) is 13.5. The molecule has 2 amide bonds. The van der Waals surface area contributed by atoms with Gasteiger partial charge in [-0.3, -0.25) is 9.59 Å². The van der Waals surface area contributed by atoms with E-state index in [0.29, 0.717) is 22.9 Å². The quantitative estimate of drug-likeness (QED) is 0.905. The number of carbonyl (C=O) groups is 2. The lowest BCUT2D eigenvalue weighted by Gasteiger charge is -2.18. The third-order valence-corrected chi connectivity index (χ3v) is 3.67. The van der Waals surface area contributed by atoms with Crippen molar-refractivity contribution in [3.63, 3.8) is 0 Å². The van der Waals surface area contributed by atoms with E-state index >= 15 is 0 Å². The van der Waals surface area contributed by atoms with Gasteiger partial charge in [-0.1, -0.05) is 12.1 Å². The van der Waals surface area contributed by atoms with Gasteiger partial charge in [0, 0.05) is 0 Å². The molecule has 2 aromatic rings. The highest BCUT2D eigenvalue weighted by molar-refractivity contribution is 5.96. The Balaban J connectivity index is 1.73. The molecule has 1 aliphatic heterocycles. The summed E-state index contributed by atoms with van der Waals surface area (Å²) in [6, 6.07) is 10.9. The average molecular weight is 326 g/mol. The van der Waals surface area contributed by atoms with Gasteiger partial charge in [0.2, 0.25) is 5.91 Å². The lowest BCUT2D eigenvalue weighted by atomic mass is 10.1. The Morgan fingerprint density at radius 3 is 2.92 bits per heavy atom. The van der Waals surface area contributed by atoms with Crippen molar-refractivity contribution >= 4 is 23.2 Å². The second kappa shape index (κ2) is 6.62. The van der Waals surface area contributed by atoms with E-state index in [0.717, 1.165) is 11.1 Å². The monoisotopic (exact) mass is 326 g/mol. The van der Waals surface area contributed by atoms with Crippen LogP contribution in [0.15, 0.2) is 36.4 Å². The van der Waals surface area contributed by atoms with E-state index < -0.39 is 0 Å². The van der Waals surface area contributed by atoms with Gasteiger partial charge in [0.05, 0.1) is 24.9 Å². The number of fused-ring (bicyclic) bond motifs is 1. The molecule has 0 unspecified atom stereocenters. The van der Waals surface area contributed by atoms with Crippen molar-refractivity contribution in [2.45, 2.75) is 13.3 Å². The molecule has 24 heavy (non-hydrogen) atoms. The molecule has 0 saturated carbocycles. The van der Waals surface area contributed by atoms with Crippen LogP contribution in [0.1, 0.15) is 11.1 Å². The van der Waals surface area contributed by atoms with Crippen LogP contribution in [-0.2, 0) is 16.0 Å². The largest absolute Gasteiger partial charge is 0.495 e. The summed E-state index contributed by atoms with van der Waals surface area (Å²) < 4.78 is 10.6. The molecule has 0 aromatic heterocycles. The topological polar surface area (TPSA) is 76.7 Å². The van der Waals surface area contributed by atoms with Crippen LogP contribution < -0.4 is 20.1 Å². The lowest BCUT2D eigenvalue weighted by molar-refractivity contribution is -0.118. The highest BCUT2D eigenvalue weighted by Gasteiger charge is 2.17. The first-order valence-corrected chi connectivity index (χ1v) is 7.55. The second-order valence-corrected chi connectivity index (χ2v) is 5.60. The zero-order chi connectivity index (χ0) is 17.1. The molecular weight excluding hydrogens is 308 g/mol. The van der Waals surface area contributed by atoms with Crippen molar-refractivity contribution in [3.8, 4) is 11.5 Å². The molecular formula is C18H18N2O4. The van der Waals surface area contributed by atoms with E-state index in [1.54, 1.807) is 19.2 Å². The number of ether oxygens (including phenoxy) is 2. The molecule has 3 rings (SSSR count). The van der Waals surface area contributed by atoms with Crippen LogP contribution in [0, 0.1) is 6.92 Å². The van der Waals surface area contributed by atoms with Gasteiger partial charge in [0.1, 0.15) is 11.5 Å². The molecule has 2 N–H and O–H groups in total. The molecule has 0 radical (unpaired) electrons. The molecule has 6 nitrogen and oxygen atoms in total. The summed E-state index contributed by atoms with van der Waals surface area (Å²) >= 11 is 0. The minimum atomic E-state index is -0.200. The maximum Gasteiger partial charge on any atom is 0.262 e. The predicted octanol–water partition coefficient (Wildman–Crippen LogP) is 2.52. The van der Waals surface area contributed by atoms with Crippen LogP contribution in [0.25, 0.3) is 0 Å². The number of hydrogen-bond donors (Lipinski definition) is 2. The number of nitrogens with one attached hydrogen (secondary N) is 2. The molecule has 0 saturated heterocycles. The molecule has 1 heterocycles. The summed E-state index contributed by atoms with van der Waals surface area (Å²) in [6.45, 7) is 1.96. The second-order valence-electron chi connectivity index (χ2n) is 5.60. The first-order chi connectivity index (χ1) is 11.5. The van der Waals surface area contributed by atoms with Crippen molar-refractivity contribution < 1.29 is 19.1 Å². The van der Waals surface area contributed by atoms with Crippen LogP contribution >= 0.6 is 0 Å². The Bertz CT molecular complexity index is 802. The van der Waals surface area contributed by atoms with Crippen LogP contribution in [0.5, 0.6) is 11.5 Å². The summed E-state index contributed by atoms with van der Waals surface area (Å²) in [5.41, 5.74) is 3.03. The van der Waals surface area contributed by atoms with Gasteiger partial charge in [0.15, 0.2) is 6.61 Å². The molecule has 0 bridgehead atoms. The van der Waals surface area contributed by atoms with Crippen LogP contribution in [0.4, 0.5) is 11.4 Å². The van der Waals surface area contributed by atoms with Crippen molar-refractivity contribution in [3.05, 3.63) is 47.5 Å². The molecule has 0 fully saturated rings. The van der Waals surface area contributed by atoms with Crippen molar-refractivity contribution in [2.75, 3.05) is 24.4 Å². The Labute approximate surface area is 139 Å². The summed E-state index contributed by atoms with van der Waals surface area (Å²) in [5.74, 6) is 0.856. The van der Waals surface area contributed by atoms with Gasteiger partial charge in [0.25, 0.3) is 5.91 Å². The van der Waals surface area contributed by atoms with E-state index in [9.17, 15) is 9.59 Å². The average Bonchev–Trinajstić information content (AvgIpc) is 2.54. The van der Waals surface area contributed by atoms with Gasteiger partial charge in [-0.05, 0) is 42.3 Å². The molecule has 0 spiro atoms. The Morgan fingerprint density at radius 2 is 2.12 bits per heavy atom. The standard InChI is InChI=1S/C18H18N2O4/c1-11-3-5-15(23-2)13(7-11)19-17(21)9-12-4-6-16-14(8-12)20-18(22)10-24-16/h3-8H,9-10H2,1-2H3,(H,19,21)(H,20,22). The van der Waals surface area contributed by atoms with E-state index in [4.69, 9.17) is 9.47 Å². The van der Waals surface area contributed by atoms with Crippen LogP contribution in [0.2, 0.25) is 0 Å². The molecule has 0 aliphatic carbocycles. The lowest BCUT2D eigenvalue weighted by Crippen LogP contribution is -2.25. The van der Waals surface area contributed by atoms with E-state index in [1.807, 2.05) is 31.2 Å². The zero-order valence-electron chi connectivity index (χ0n) is 13.5. The third kappa shape index (κ3) is 3.48. The number of methoxy groups -OCH3 is 1. The summed E-state index contributed by atoms with van der Waals surface area (Å²) in [7, 11) is 1.56. The molecule has 0 atom stereocenters. The highest BCUT2D eigenvalue weighted by atomic mass is 16.5. The fourth-order valence-electron chi connectivity index (χ4n) is 2.54. The molecule has 124 valence electrons. The first kappa shape index (κ1) is 15.9. The number of anilines is 2. The van der Waals surface area contributed by atoms with Crippen molar-refractivity contribution in [2.24, 2.45) is 0 Å². The van der Waals surface area contributed by atoms with Crippen molar-refractivity contribution in [1.29, 1.82) is 0 Å². The van der Waals surface area contributed by atoms with E-state index in [2.05, 4.69) is 10.6 Å². The normalized spacial score (nSPS) is 12.7. The number of benzene rings is 2. The number of aryl methyl sites for hydroxylation is 1.